The molecule has 0 radical (unpaired) electrons. The topological polar surface area (TPSA) is 47.3 Å². The smallest absolute Gasteiger partial charge is 0.121 e. The molecule has 1 aromatic rings. The van der Waals surface area contributed by atoms with E-state index in [9.17, 15) is 0 Å². The van der Waals surface area contributed by atoms with Crippen molar-refractivity contribution in [3.8, 4) is 0 Å². The molecule has 1 aromatic carbocycles. The van der Waals surface area contributed by atoms with Gasteiger partial charge in [-0.05, 0) is 24.9 Å². The van der Waals surface area contributed by atoms with Gasteiger partial charge in [-0.25, -0.2) is 0 Å². The summed E-state index contributed by atoms with van der Waals surface area (Å²) in [5.74, 6) is 0. The van der Waals surface area contributed by atoms with Crippen molar-refractivity contribution < 1.29 is 4.74 Å². The lowest BCUT2D eigenvalue weighted by Crippen LogP contribution is -2.42. The second-order valence-corrected chi connectivity index (χ2v) is 3.96. The molecule has 0 amide bonds. The van der Waals surface area contributed by atoms with E-state index in [0.29, 0.717) is 12.6 Å². The van der Waals surface area contributed by atoms with E-state index in [4.69, 9.17) is 10.5 Å². The Bertz CT molecular complexity index is 283. The standard InChI is InChI=1S/C12H18N2O/c13-12(11-7-4-8-14-11)15-9-10-5-2-1-3-6-10/h1-3,5-6,11-12,14H,4,7-9,13H2/t11-,12?/m0/s1. The van der Waals surface area contributed by atoms with Crippen LogP contribution in [-0.2, 0) is 11.3 Å². The summed E-state index contributed by atoms with van der Waals surface area (Å²) in [6.45, 7) is 1.66. The Morgan fingerprint density at radius 2 is 2.20 bits per heavy atom. The minimum Gasteiger partial charge on any atom is -0.357 e. The Labute approximate surface area is 90.6 Å². The maximum atomic E-state index is 5.94. The molecule has 1 heterocycles. The molecule has 1 saturated heterocycles. The number of hydrogen-bond donors (Lipinski definition) is 2. The molecule has 15 heavy (non-hydrogen) atoms. The van der Waals surface area contributed by atoms with Crippen molar-refractivity contribution in [1.29, 1.82) is 0 Å². The van der Waals surface area contributed by atoms with Gasteiger partial charge in [0.2, 0.25) is 0 Å². The van der Waals surface area contributed by atoms with Crippen LogP contribution in [0.3, 0.4) is 0 Å². The van der Waals surface area contributed by atoms with Crippen LogP contribution in [0, 0.1) is 0 Å². The van der Waals surface area contributed by atoms with Gasteiger partial charge in [0.05, 0.1) is 6.61 Å². The van der Waals surface area contributed by atoms with Crippen molar-refractivity contribution in [3.63, 3.8) is 0 Å². The Morgan fingerprint density at radius 3 is 2.87 bits per heavy atom. The lowest BCUT2D eigenvalue weighted by Gasteiger charge is -2.19. The number of rotatable bonds is 4. The molecule has 0 saturated carbocycles. The van der Waals surface area contributed by atoms with Crippen LogP contribution in [0.1, 0.15) is 18.4 Å². The fourth-order valence-corrected chi connectivity index (χ4v) is 1.87. The quantitative estimate of drug-likeness (QED) is 0.729. The zero-order valence-corrected chi connectivity index (χ0v) is 8.86. The molecule has 0 aliphatic carbocycles. The van der Waals surface area contributed by atoms with Gasteiger partial charge in [-0.3, -0.25) is 0 Å². The predicted octanol–water partition coefficient (Wildman–Crippen LogP) is 1.24. The molecule has 0 bridgehead atoms. The lowest BCUT2D eigenvalue weighted by molar-refractivity contribution is 0.0233. The Kier molecular flexibility index (Phi) is 3.72. The molecule has 0 spiro atoms. The summed E-state index contributed by atoms with van der Waals surface area (Å²) in [6, 6.07) is 10.5. The van der Waals surface area contributed by atoms with Crippen molar-refractivity contribution in [2.45, 2.75) is 31.7 Å². The maximum absolute atomic E-state index is 5.94. The van der Waals surface area contributed by atoms with Crippen LogP contribution in [0.4, 0.5) is 0 Å². The number of nitrogens with one attached hydrogen (secondary N) is 1. The van der Waals surface area contributed by atoms with Crippen molar-refractivity contribution >= 4 is 0 Å². The van der Waals surface area contributed by atoms with Gasteiger partial charge in [0, 0.05) is 6.04 Å². The normalized spacial score (nSPS) is 22.9. The SMILES string of the molecule is NC(OCc1ccccc1)[C@@H]1CCCN1. The number of hydrogen-bond acceptors (Lipinski definition) is 3. The molecule has 3 nitrogen and oxygen atoms in total. The molecular formula is C12H18N2O. The third kappa shape index (κ3) is 3.02. The molecule has 1 fully saturated rings. The van der Waals surface area contributed by atoms with E-state index in [1.807, 2.05) is 18.2 Å². The van der Waals surface area contributed by atoms with E-state index in [1.165, 1.54) is 12.0 Å². The summed E-state index contributed by atoms with van der Waals surface area (Å²) in [5.41, 5.74) is 7.11. The molecule has 0 aromatic heterocycles. The highest BCUT2D eigenvalue weighted by Gasteiger charge is 2.21. The summed E-state index contributed by atoms with van der Waals surface area (Å²) in [7, 11) is 0. The van der Waals surface area contributed by atoms with Crippen LogP contribution in [0.5, 0.6) is 0 Å². The van der Waals surface area contributed by atoms with E-state index < -0.39 is 0 Å². The van der Waals surface area contributed by atoms with Crippen molar-refractivity contribution in [1.82, 2.24) is 5.32 Å². The second-order valence-electron chi connectivity index (χ2n) is 3.96. The van der Waals surface area contributed by atoms with Gasteiger partial charge in [0.25, 0.3) is 0 Å². The fourth-order valence-electron chi connectivity index (χ4n) is 1.87. The van der Waals surface area contributed by atoms with Gasteiger partial charge in [0.15, 0.2) is 0 Å². The first kappa shape index (κ1) is 10.6. The zero-order chi connectivity index (χ0) is 10.5. The Hall–Kier alpha value is -0.900. The first-order chi connectivity index (χ1) is 7.36. The molecule has 82 valence electrons. The van der Waals surface area contributed by atoms with Gasteiger partial charge < -0.3 is 15.8 Å². The highest BCUT2D eigenvalue weighted by Crippen LogP contribution is 2.10. The number of ether oxygens (including phenoxy) is 1. The summed E-state index contributed by atoms with van der Waals surface area (Å²) < 4.78 is 5.63. The molecule has 2 atom stereocenters. The molecule has 1 aliphatic rings. The van der Waals surface area contributed by atoms with Crippen LogP contribution in [0.2, 0.25) is 0 Å². The third-order valence-electron chi connectivity index (χ3n) is 2.78. The van der Waals surface area contributed by atoms with Crippen LogP contribution in [0.15, 0.2) is 30.3 Å². The Balaban J connectivity index is 1.77. The van der Waals surface area contributed by atoms with Crippen molar-refractivity contribution in [3.05, 3.63) is 35.9 Å². The van der Waals surface area contributed by atoms with Gasteiger partial charge >= 0.3 is 0 Å². The highest BCUT2D eigenvalue weighted by molar-refractivity contribution is 5.13. The van der Waals surface area contributed by atoms with Crippen LogP contribution in [0.25, 0.3) is 0 Å². The molecule has 1 aliphatic heterocycles. The first-order valence-electron chi connectivity index (χ1n) is 5.51. The lowest BCUT2D eigenvalue weighted by atomic mass is 10.2. The van der Waals surface area contributed by atoms with Crippen LogP contribution >= 0.6 is 0 Å². The van der Waals surface area contributed by atoms with E-state index >= 15 is 0 Å². The molecular weight excluding hydrogens is 188 g/mol. The van der Waals surface area contributed by atoms with E-state index in [1.54, 1.807) is 0 Å². The second kappa shape index (κ2) is 5.26. The minimum absolute atomic E-state index is 0.187. The third-order valence-corrected chi connectivity index (χ3v) is 2.78. The average molecular weight is 206 g/mol. The van der Waals surface area contributed by atoms with Gasteiger partial charge in [-0.2, -0.15) is 0 Å². The van der Waals surface area contributed by atoms with E-state index in [0.717, 1.165) is 13.0 Å². The summed E-state index contributed by atoms with van der Waals surface area (Å²) in [5, 5.41) is 3.34. The number of benzene rings is 1. The molecule has 3 N–H and O–H groups in total. The number of nitrogens with two attached hydrogens (primary N) is 1. The van der Waals surface area contributed by atoms with E-state index in [2.05, 4.69) is 17.4 Å². The largest absolute Gasteiger partial charge is 0.357 e. The van der Waals surface area contributed by atoms with Crippen LogP contribution < -0.4 is 11.1 Å². The van der Waals surface area contributed by atoms with Gasteiger partial charge in [-0.1, -0.05) is 30.3 Å². The highest BCUT2D eigenvalue weighted by atomic mass is 16.5. The van der Waals surface area contributed by atoms with Crippen molar-refractivity contribution in [2.24, 2.45) is 5.73 Å². The summed E-state index contributed by atoms with van der Waals surface area (Å²) in [6.07, 6.45) is 2.14. The Morgan fingerprint density at radius 1 is 1.40 bits per heavy atom. The molecule has 1 unspecified atom stereocenters. The minimum atomic E-state index is -0.187. The first-order valence-corrected chi connectivity index (χ1v) is 5.51. The summed E-state index contributed by atoms with van der Waals surface area (Å²) >= 11 is 0. The maximum Gasteiger partial charge on any atom is 0.121 e. The monoisotopic (exact) mass is 206 g/mol. The fraction of sp³-hybridized carbons (Fsp3) is 0.500. The van der Waals surface area contributed by atoms with Crippen molar-refractivity contribution in [2.75, 3.05) is 6.54 Å². The predicted molar refractivity (Wildman–Crippen MR) is 60.2 cm³/mol. The average Bonchev–Trinajstić information content (AvgIpc) is 2.81. The summed E-state index contributed by atoms with van der Waals surface area (Å²) in [4.78, 5) is 0. The van der Waals surface area contributed by atoms with E-state index in [-0.39, 0.29) is 6.23 Å². The van der Waals surface area contributed by atoms with Gasteiger partial charge in [0.1, 0.15) is 6.23 Å². The van der Waals surface area contributed by atoms with Gasteiger partial charge in [-0.15, -0.1) is 0 Å². The molecule has 2 rings (SSSR count). The molecule has 3 heteroatoms. The van der Waals surface area contributed by atoms with Crippen LogP contribution in [-0.4, -0.2) is 18.8 Å². The zero-order valence-electron chi connectivity index (χ0n) is 8.86.